The molecule has 0 saturated carbocycles. The summed E-state index contributed by atoms with van der Waals surface area (Å²) < 4.78 is 5.14. The van der Waals surface area contributed by atoms with Crippen LogP contribution in [0.3, 0.4) is 0 Å². The van der Waals surface area contributed by atoms with E-state index in [1.165, 1.54) is 11.3 Å². The first-order valence-electron chi connectivity index (χ1n) is 8.92. The Morgan fingerprint density at radius 1 is 1.25 bits per heavy atom. The molecule has 0 atom stereocenters. The number of anilines is 2. The van der Waals surface area contributed by atoms with Crippen molar-refractivity contribution in [2.45, 2.75) is 19.3 Å². The highest BCUT2D eigenvalue weighted by Gasteiger charge is 2.18. The van der Waals surface area contributed by atoms with Crippen LogP contribution in [0.4, 0.5) is 10.8 Å². The SMILES string of the molecule is COc1ccc(CCC(=O)Nc2nc(-c3ccc4c(c3)CC(=O)N4)cs2)cc1. The second-order valence-electron chi connectivity index (χ2n) is 6.53. The van der Waals surface area contributed by atoms with Gasteiger partial charge in [-0.3, -0.25) is 9.59 Å². The number of methoxy groups -OCH3 is 1. The molecular weight excluding hydrogens is 374 g/mol. The molecule has 2 N–H and O–H groups in total. The number of carbonyl (C=O) groups is 2. The van der Waals surface area contributed by atoms with Crippen LogP contribution in [0, 0.1) is 0 Å². The van der Waals surface area contributed by atoms with Crippen LogP contribution < -0.4 is 15.4 Å². The first kappa shape index (κ1) is 18.2. The fourth-order valence-corrected chi connectivity index (χ4v) is 3.82. The molecule has 142 valence electrons. The fourth-order valence-electron chi connectivity index (χ4n) is 3.08. The van der Waals surface area contributed by atoms with Crippen LogP contribution >= 0.6 is 11.3 Å². The molecule has 3 aromatic rings. The number of ether oxygens (including phenoxy) is 1. The second kappa shape index (κ2) is 7.82. The highest BCUT2D eigenvalue weighted by atomic mass is 32.1. The molecule has 0 bridgehead atoms. The van der Waals surface area contributed by atoms with E-state index in [1.54, 1.807) is 7.11 Å². The van der Waals surface area contributed by atoms with E-state index in [0.717, 1.165) is 33.8 Å². The van der Waals surface area contributed by atoms with E-state index in [9.17, 15) is 9.59 Å². The Labute approximate surface area is 166 Å². The van der Waals surface area contributed by atoms with Crippen LogP contribution in [0.2, 0.25) is 0 Å². The molecule has 6 nitrogen and oxygen atoms in total. The Morgan fingerprint density at radius 2 is 2.07 bits per heavy atom. The van der Waals surface area contributed by atoms with Gasteiger partial charge in [0.2, 0.25) is 11.8 Å². The molecule has 28 heavy (non-hydrogen) atoms. The Bertz CT molecular complexity index is 1030. The first-order valence-corrected chi connectivity index (χ1v) is 9.80. The number of benzene rings is 2. The molecule has 0 fully saturated rings. The van der Waals surface area contributed by atoms with Crippen molar-refractivity contribution < 1.29 is 14.3 Å². The summed E-state index contributed by atoms with van der Waals surface area (Å²) >= 11 is 1.39. The lowest BCUT2D eigenvalue weighted by Crippen LogP contribution is -2.12. The third-order valence-electron chi connectivity index (χ3n) is 4.58. The maximum absolute atomic E-state index is 12.2. The van der Waals surface area contributed by atoms with Crippen molar-refractivity contribution in [3.63, 3.8) is 0 Å². The summed E-state index contributed by atoms with van der Waals surface area (Å²) in [6.07, 6.45) is 1.43. The third kappa shape index (κ3) is 4.04. The highest BCUT2D eigenvalue weighted by Crippen LogP contribution is 2.30. The minimum absolute atomic E-state index is 0.00948. The third-order valence-corrected chi connectivity index (χ3v) is 5.33. The van der Waals surface area contributed by atoms with Gasteiger partial charge in [-0.2, -0.15) is 0 Å². The number of thiazole rings is 1. The standard InChI is InChI=1S/C21H19N3O3S/c1-27-16-6-2-13(3-7-16)4-9-19(25)24-21-23-18(12-28-21)14-5-8-17-15(10-14)11-20(26)22-17/h2-3,5-8,10,12H,4,9,11H2,1H3,(H,22,26)(H,23,24,25). The lowest BCUT2D eigenvalue weighted by molar-refractivity contribution is -0.116. The van der Waals surface area contributed by atoms with E-state index >= 15 is 0 Å². The number of aryl methyl sites for hydroxylation is 1. The molecule has 0 aliphatic carbocycles. The molecule has 2 aromatic carbocycles. The molecule has 0 unspecified atom stereocenters. The monoisotopic (exact) mass is 393 g/mol. The Morgan fingerprint density at radius 3 is 2.86 bits per heavy atom. The van der Waals surface area contributed by atoms with Crippen molar-refractivity contribution in [3.05, 3.63) is 59.0 Å². The average molecular weight is 393 g/mol. The lowest BCUT2D eigenvalue weighted by Gasteiger charge is -2.04. The Kier molecular flexibility index (Phi) is 5.08. The van der Waals surface area contributed by atoms with Gasteiger partial charge in [0.15, 0.2) is 5.13 Å². The van der Waals surface area contributed by atoms with Gasteiger partial charge in [-0.1, -0.05) is 18.2 Å². The summed E-state index contributed by atoms with van der Waals surface area (Å²) in [5, 5.41) is 8.16. The van der Waals surface area contributed by atoms with E-state index in [4.69, 9.17) is 4.74 Å². The van der Waals surface area contributed by atoms with Gasteiger partial charge in [-0.15, -0.1) is 11.3 Å². The number of carbonyl (C=O) groups excluding carboxylic acids is 2. The number of hydrogen-bond acceptors (Lipinski definition) is 5. The van der Waals surface area contributed by atoms with Gasteiger partial charge in [-0.05, 0) is 41.8 Å². The summed E-state index contributed by atoms with van der Waals surface area (Å²) in [4.78, 5) is 28.2. The van der Waals surface area contributed by atoms with E-state index in [0.29, 0.717) is 24.4 Å². The van der Waals surface area contributed by atoms with Gasteiger partial charge < -0.3 is 15.4 Å². The molecular formula is C21H19N3O3S. The van der Waals surface area contributed by atoms with E-state index in [1.807, 2.05) is 47.8 Å². The predicted octanol–water partition coefficient (Wildman–Crippen LogP) is 3.88. The van der Waals surface area contributed by atoms with Crippen LogP contribution in [0.5, 0.6) is 5.75 Å². The Balaban J connectivity index is 1.36. The molecule has 1 aliphatic rings. The summed E-state index contributed by atoms with van der Waals surface area (Å²) in [5.74, 6) is 0.742. The molecule has 1 aliphatic heterocycles. The minimum atomic E-state index is -0.0690. The molecule has 0 spiro atoms. The number of rotatable bonds is 6. The zero-order valence-corrected chi connectivity index (χ0v) is 16.1. The van der Waals surface area contributed by atoms with Crippen LogP contribution in [-0.2, 0) is 22.4 Å². The first-order chi connectivity index (χ1) is 13.6. The summed E-state index contributed by atoms with van der Waals surface area (Å²) in [5.41, 5.74) is 4.64. The van der Waals surface area contributed by atoms with E-state index < -0.39 is 0 Å². The number of hydrogen-bond donors (Lipinski definition) is 2. The molecule has 1 aromatic heterocycles. The van der Waals surface area contributed by atoms with Crippen molar-refractivity contribution in [2.24, 2.45) is 0 Å². The Hall–Kier alpha value is -3.19. The van der Waals surface area contributed by atoms with Gasteiger partial charge in [0.25, 0.3) is 0 Å². The summed E-state index contributed by atoms with van der Waals surface area (Å²) in [6.45, 7) is 0. The van der Waals surface area contributed by atoms with Gasteiger partial charge >= 0.3 is 0 Å². The van der Waals surface area contributed by atoms with Crippen LogP contribution in [0.15, 0.2) is 47.8 Å². The molecule has 0 radical (unpaired) electrons. The molecule has 7 heteroatoms. The van der Waals surface area contributed by atoms with Crippen LogP contribution in [0.25, 0.3) is 11.3 Å². The van der Waals surface area contributed by atoms with Crippen LogP contribution in [0.1, 0.15) is 17.5 Å². The van der Waals surface area contributed by atoms with Crippen LogP contribution in [-0.4, -0.2) is 23.9 Å². The van der Waals surface area contributed by atoms with Crippen molar-refractivity contribution in [1.82, 2.24) is 4.98 Å². The van der Waals surface area contributed by atoms with Crippen molar-refractivity contribution in [1.29, 1.82) is 0 Å². The van der Waals surface area contributed by atoms with Gasteiger partial charge in [-0.25, -0.2) is 4.98 Å². The number of aromatic nitrogens is 1. The van der Waals surface area contributed by atoms with E-state index in [2.05, 4.69) is 15.6 Å². The summed E-state index contributed by atoms with van der Waals surface area (Å²) in [7, 11) is 1.63. The average Bonchev–Trinajstić information content (AvgIpc) is 3.31. The zero-order valence-electron chi connectivity index (χ0n) is 15.3. The maximum atomic E-state index is 12.2. The summed E-state index contributed by atoms with van der Waals surface area (Å²) in [6, 6.07) is 13.5. The molecule has 2 heterocycles. The topological polar surface area (TPSA) is 80.3 Å². The molecule has 4 rings (SSSR count). The lowest BCUT2D eigenvalue weighted by atomic mass is 10.1. The molecule has 2 amide bonds. The number of fused-ring (bicyclic) bond motifs is 1. The molecule has 0 saturated heterocycles. The number of amides is 2. The predicted molar refractivity (Wildman–Crippen MR) is 110 cm³/mol. The maximum Gasteiger partial charge on any atom is 0.228 e. The van der Waals surface area contributed by atoms with Crippen molar-refractivity contribution in [3.8, 4) is 17.0 Å². The minimum Gasteiger partial charge on any atom is -0.497 e. The fraction of sp³-hybridized carbons (Fsp3) is 0.190. The second-order valence-corrected chi connectivity index (χ2v) is 7.39. The van der Waals surface area contributed by atoms with Gasteiger partial charge in [0.05, 0.1) is 19.2 Å². The number of nitrogens with one attached hydrogen (secondary N) is 2. The normalized spacial score (nSPS) is 12.4. The number of nitrogens with zero attached hydrogens (tertiary/aromatic N) is 1. The van der Waals surface area contributed by atoms with Gasteiger partial charge in [0.1, 0.15) is 5.75 Å². The van der Waals surface area contributed by atoms with Crippen molar-refractivity contribution >= 4 is 34.0 Å². The quantitative estimate of drug-likeness (QED) is 0.666. The van der Waals surface area contributed by atoms with E-state index in [-0.39, 0.29) is 11.8 Å². The smallest absolute Gasteiger partial charge is 0.228 e. The highest BCUT2D eigenvalue weighted by molar-refractivity contribution is 7.14. The zero-order chi connectivity index (χ0) is 19.5. The largest absolute Gasteiger partial charge is 0.497 e. The van der Waals surface area contributed by atoms with Crippen molar-refractivity contribution in [2.75, 3.05) is 17.7 Å². The van der Waals surface area contributed by atoms with Gasteiger partial charge in [0, 0.05) is 23.1 Å².